The first kappa shape index (κ1) is 14.7. The minimum Gasteiger partial charge on any atom is -0.508 e. The third kappa shape index (κ3) is 3.87. The molecule has 0 heterocycles. The molecule has 0 aliphatic rings. The van der Waals surface area contributed by atoms with Gasteiger partial charge >= 0.3 is 0 Å². The molecule has 2 aromatic carbocycles. The van der Waals surface area contributed by atoms with E-state index in [-0.39, 0.29) is 23.6 Å². The van der Waals surface area contributed by atoms with E-state index in [2.05, 4.69) is 5.32 Å². The minimum atomic E-state index is -0.875. The zero-order valence-electron chi connectivity index (χ0n) is 11.2. The van der Waals surface area contributed by atoms with Crippen LogP contribution in [0.3, 0.4) is 0 Å². The van der Waals surface area contributed by atoms with Gasteiger partial charge in [0.1, 0.15) is 11.5 Å². The average molecular weight is 288 g/mol. The molecular formula is C15H16N2O4. The molecule has 0 fully saturated rings. The Balaban J connectivity index is 1.98. The number of anilines is 1. The lowest BCUT2D eigenvalue weighted by Crippen LogP contribution is -2.28. The maximum absolute atomic E-state index is 11.9. The maximum atomic E-state index is 11.9. The number of carbonyl (C=O) groups is 1. The summed E-state index contributed by atoms with van der Waals surface area (Å²) in [4.78, 5) is 11.9. The molecule has 2 aromatic rings. The fourth-order valence-corrected chi connectivity index (χ4v) is 1.85. The number of benzene rings is 2. The second-order valence-corrected chi connectivity index (χ2v) is 4.63. The lowest BCUT2D eigenvalue weighted by atomic mass is 10.1. The van der Waals surface area contributed by atoms with E-state index in [0.717, 1.165) is 6.07 Å². The molecule has 110 valence electrons. The van der Waals surface area contributed by atoms with Crippen LogP contribution in [0.25, 0.3) is 0 Å². The molecule has 1 amide bonds. The van der Waals surface area contributed by atoms with Crippen LogP contribution in [0, 0.1) is 0 Å². The Morgan fingerprint density at radius 3 is 2.24 bits per heavy atom. The van der Waals surface area contributed by atoms with Crippen LogP contribution in [0.4, 0.5) is 5.69 Å². The van der Waals surface area contributed by atoms with Crippen LogP contribution in [-0.4, -0.2) is 27.8 Å². The first-order valence-electron chi connectivity index (χ1n) is 6.30. The monoisotopic (exact) mass is 288 g/mol. The topological polar surface area (TPSA) is 116 Å². The molecule has 6 heteroatoms. The minimum absolute atomic E-state index is 0.000824. The molecule has 0 bridgehead atoms. The highest BCUT2D eigenvalue weighted by molar-refractivity contribution is 5.95. The average Bonchev–Trinajstić information content (AvgIpc) is 2.44. The molecule has 21 heavy (non-hydrogen) atoms. The fourth-order valence-electron chi connectivity index (χ4n) is 1.85. The number of aromatic hydroxyl groups is 2. The molecule has 0 spiro atoms. The number of amides is 1. The number of nitrogen functional groups attached to an aromatic ring is 1. The van der Waals surface area contributed by atoms with Gasteiger partial charge < -0.3 is 26.4 Å². The molecule has 0 aromatic heterocycles. The van der Waals surface area contributed by atoms with Gasteiger partial charge in [0.25, 0.3) is 5.91 Å². The third-order valence-electron chi connectivity index (χ3n) is 2.94. The van der Waals surface area contributed by atoms with E-state index in [1.54, 1.807) is 24.3 Å². The van der Waals surface area contributed by atoms with Gasteiger partial charge in [0, 0.05) is 23.9 Å². The first-order valence-corrected chi connectivity index (χ1v) is 6.30. The van der Waals surface area contributed by atoms with Gasteiger partial charge in [-0.1, -0.05) is 12.1 Å². The van der Waals surface area contributed by atoms with E-state index in [0.29, 0.717) is 11.3 Å². The third-order valence-corrected chi connectivity index (χ3v) is 2.94. The second kappa shape index (κ2) is 6.15. The van der Waals surface area contributed by atoms with Crippen LogP contribution in [0.15, 0.2) is 42.5 Å². The number of aliphatic hydroxyl groups is 1. The maximum Gasteiger partial charge on any atom is 0.251 e. The highest BCUT2D eigenvalue weighted by Crippen LogP contribution is 2.20. The van der Waals surface area contributed by atoms with E-state index in [1.807, 2.05) is 0 Å². The molecule has 0 aliphatic heterocycles. The molecular weight excluding hydrogens is 272 g/mol. The summed E-state index contributed by atoms with van der Waals surface area (Å²) in [5, 5.41) is 31.1. The summed E-state index contributed by atoms with van der Waals surface area (Å²) in [6, 6.07) is 10.2. The molecule has 6 N–H and O–H groups in total. The van der Waals surface area contributed by atoms with Crippen molar-refractivity contribution in [2.75, 3.05) is 12.3 Å². The molecule has 1 unspecified atom stereocenters. The summed E-state index contributed by atoms with van der Waals surface area (Å²) >= 11 is 0. The number of hydrogen-bond donors (Lipinski definition) is 5. The number of nitrogens with one attached hydrogen (secondary N) is 1. The Labute approximate surface area is 121 Å². The Hall–Kier alpha value is -2.73. The van der Waals surface area contributed by atoms with Crippen LogP contribution in [0.2, 0.25) is 0 Å². The second-order valence-electron chi connectivity index (χ2n) is 4.63. The van der Waals surface area contributed by atoms with Crippen molar-refractivity contribution in [1.29, 1.82) is 0 Å². The largest absolute Gasteiger partial charge is 0.508 e. The van der Waals surface area contributed by atoms with Crippen LogP contribution in [-0.2, 0) is 0 Å². The number of phenols is 2. The van der Waals surface area contributed by atoms with E-state index < -0.39 is 12.0 Å². The van der Waals surface area contributed by atoms with Crippen molar-refractivity contribution in [3.05, 3.63) is 53.6 Å². The standard InChI is InChI=1S/C15H16N2O4/c16-11-3-1-9(2-4-11)14(20)8-17-15(21)10-5-12(18)7-13(19)6-10/h1-7,14,18-20H,8,16H2,(H,17,21). The number of carbonyl (C=O) groups excluding carboxylic acids is 1. The van der Waals surface area contributed by atoms with Gasteiger partial charge in [-0.15, -0.1) is 0 Å². The van der Waals surface area contributed by atoms with Gasteiger partial charge in [0.05, 0.1) is 6.10 Å². The highest BCUT2D eigenvalue weighted by Gasteiger charge is 2.12. The van der Waals surface area contributed by atoms with E-state index in [9.17, 15) is 20.1 Å². The van der Waals surface area contributed by atoms with Gasteiger partial charge in [-0.05, 0) is 29.8 Å². The predicted octanol–water partition coefficient (Wildman–Crippen LogP) is 1.14. The van der Waals surface area contributed by atoms with Crippen LogP contribution < -0.4 is 11.1 Å². The van der Waals surface area contributed by atoms with Crippen LogP contribution in [0.1, 0.15) is 22.0 Å². The fraction of sp³-hybridized carbons (Fsp3) is 0.133. The smallest absolute Gasteiger partial charge is 0.251 e. The van der Waals surface area contributed by atoms with Crippen molar-refractivity contribution in [3.63, 3.8) is 0 Å². The van der Waals surface area contributed by atoms with Crippen LogP contribution in [0.5, 0.6) is 11.5 Å². The highest BCUT2D eigenvalue weighted by atomic mass is 16.3. The summed E-state index contributed by atoms with van der Waals surface area (Å²) in [6.45, 7) is -0.000824. The number of hydrogen-bond acceptors (Lipinski definition) is 5. The number of phenolic OH excluding ortho intramolecular Hbond substituents is 2. The lowest BCUT2D eigenvalue weighted by Gasteiger charge is -2.12. The molecule has 0 aliphatic carbocycles. The number of nitrogens with two attached hydrogens (primary N) is 1. The van der Waals surface area contributed by atoms with Gasteiger partial charge in [0.15, 0.2) is 0 Å². The van der Waals surface area contributed by atoms with Crippen molar-refractivity contribution >= 4 is 11.6 Å². The Bertz CT molecular complexity index is 620. The van der Waals surface area contributed by atoms with E-state index >= 15 is 0 Å². The van der Waals surface area contributed by atoms with Crippen molar-refractivity contribution in [2.45, 2.75) is 6.10 Å². The summed E-state index contributed by atoms with van der Waals surface area (Å²) in [5.41, 5.74) is 6.88. The lowest BCUT2D eigenvalue weighted by molar-refractivity contribution is 0.0915. The Morgan fingerprint density at radius 1 is 1.10 bits per heavy atom. The van der Waals surface area contributed by atoms with Gasteiger partial charge in [-0.25, -0.2) is 0 Å². The summed E-state index contributed by atoms with van der Waals surface area (Å²) in [6.07, 6.45) is -0.875. The Kier molecular flexibility index (Phi) is 4.30. The summed E-state index contributed by atoms with van der Waals surface area (Å²) < 4.78 is 0. The van der Waals surface area contributed by atoms with Gasteiger partial charge in [-0.3, -0.25) is 4.79 Å². The van der Waals surface area contributed by atoms with E-state index in [1.165, 1.54) is 12.1 Å². The molecule has 0 saturated carbocycles. The molecule has 6 nitrogen and oxygen atoms in total. The van der Waals surface area contributed by atoms with Gasteiger partial charge in [0.2, 0.25) is 0 Å². The first-order chi connectivity index (χ1) is 9.95. The van der Waals surface area contributed by atoms with Crippen molar-refractivity contribution in [3.8, 4) is 11.5 Å². The Morgan fingerprint density at radius 2 is 1.67 bits per heavy atom. The molecule has 0 saturated heterocycles. The summed E-state index contributed by atoms with van der Waals surface area (Å²) in [7, 11) is 0. The summed E-state index contributed by atoms with van der Waals surface area (Å²) in [5.74, 6) is -0.922. The van der Waals surface area contributed by atoms with Crippen LogP contribution >= 0.6 is 0 Å². The quantitative estimate of drug-likeness (QED) is 0.541. The molecule has 0 radical (unpaired) electrons. The normalized spacial score (nSPS) is 11.9. The van der Waals surface area contributed by atoms with Crippen molar-refractivity contribution in [2.24, 2.45) is 0 Å². The predicted molar refractivity (Wildman–Crippen MR) is 77.9 cm³/mol. The van der Waals surface area contributed by atoms with Gasteiger partial charge in [-0.2, -0.15) is 0 Å². The zero-order valence-corrected chi connectivity index (χ0v) is 11.2. The van der Waals surface area contributed by atoms with E-state index in [4.69, 9.17) is 5.73 Å². The zero-order chi connectivity index (χ0) is 15.4. The number of rotatable bonds is 4. The van der Waals surface area contributed by atoms with Crippen molar-refractivity contribution < 1.29 is 20.1 Å². The van der Waals surface area contributed by atoms with Crippen molar-refractivity contribution in [1.82, 2.24) is 5.32 Å². The molecule has 2 rings (SSSR count). The number of aliphatic hydroxyl groups excluding tert-OH is 1. The molecule has 1 atom stereocenters. The SMILES string of the molecule is Nc1ccc(C(O)CNC(=O)c2cc(O)cc(O)c2)cc1.